The maximum atomic E-state index is 14.2. The molecule has 0 radical (unpaired) electrons. The number of carboxylic acids is 1. The van der Waals surface area contributed by atoms with Gasteiger partial charge in [-0.15, -0.1) is 0 Å². The van der Waals surface area contributed by atoms with Crippen LogP contribution in [0.25, 0.3) is 11.0 Å². The van der Waals surface area contributed by atoms with Gasteiger partial charge in [0.1, 0.15) is 23.5 Å². The number of carboxylic acid groups (broad SMARTS) is 1. The first-order valence-corrected chi connectivity index (χ1v) is 8.04. The third-order valence-corrected chi connectivity index (χ3v) is 4.41. The van der Waals surface area contributed by atoms with E-state index in [2.05, 4.69) is 0 Å². The minimum Gasteiger partial charge on any atom is -0.485 e. The normalized spacial score (nSPS) is 12.7. The number of benzene rings is 1. The molecule has 0 saturated carbocycles. The van der Waals surface area contributed by atoms with Crippen molar-refractivity contribution in [2.75, 3.05) is 6.61 Å². The quantitative estimate of drug-likeness (QED) is 0.801. The zero-order valence-corrected chi connectivity index (χ0v) is 14.4. The Hall–Kier alpha value is -2.41. The van der Waals surface area contributed by atoms with Crippen LogP contribution < -0.4 is 10.5 Å². The first-order valence-electron chi connectivity index (χ1n) is 7.17. The standard InChI is InChI=1S/C17H18FNO4S/c1-4-5-24-15(9(2)19)8-22-14-6-11-13(7-12(14)18)23-10(3)16(11)17(20)21/h4-7H,8,19H2,1-3H3,(H,20,21)/b5-4-,15-9-. The molecule has 128 valence electrons. The maximum absolute atomic E-state index is 14.2. The summed E-state index contributed by atoms with van der Waals surface area (Å²) in [5.74, 6) is -1.59. The van der Waals surface area contributed by atoms with Crippen LogP contribution in [0.3, 0.4) is 0 Å². The second-order valence-electron chi connectivity index (χ2n) is 5.10. The number of nitrogens with two attached hydrogens (primary N) is 1. The number of carbonyl (C=O) groups is 1. The van der Waals surface area contributed by atoms with Crippen LogP contribution in [-0.2, 0) is 0 Å². The molecule has 7 heteroatoms. The molecule has 1 aromatic carbocycles. The fraction of sp³-hybridized carbons (Fsp3) is 0.235. The Morgan fingerprint density at radius 3 is 2.79 bits per heavy atom. The molecule has 0 spiro atoms. The maximum Gasteiger partial charge on any atom is 0.339 e. The van der Waals surface area contributed by atoms with Gasteiger partial charge in [-0.1, -0.05) is 17.8 Å². The van der Waals surface area contributed by atoms with Crippen molar-refractivity contribution in [3.8, 4) is 5.75 Å². The summed E-state index contributed by atoms with van der Waals surface area (Å²) in [4.78, 5) is 12.1. The van der Waals surface area contributed by atoms with Gasteiger partial charge in [-0.2, -0.15) is 0 Å². The number of hydrogen-bond acceptors (Lipinski definition) is 5. The molecule has 0 bridgehead atoms. The Labute approximate surface area is 143 Å². The lowest BCUT2D eigenvalue weighted by Crippen LogP contribution is -2.06. The second-order valence-corrected chi connectivity index (χ2v) is 6.10. The van der Waals surface area contributed by atoms with Gasteiger partial charge in [0.15, 0.2) is 11.6 Å². The number of thioether (sulfide) groups is 1. The topological polar surface area (TPSA) is 85.7 Å². The van der Waals surface area contributed by atoms with Crippen molar-refractivity contribution in [1.82, 2.24) is 0 Å². The molecule has 2 aromatic rings. The fourth-order valence-electron chi connectivity index (χ4n) is 2.13. The number of hydrogen-bond donors (Lipinski definition) is 2. The van der Waals surface area contributed by atoms with Crippen molar-refractivity contribution in [1.29, 1.82) is 0 Å². The molecule has 0 aliphatic rings. The van der Waals surface area contributed by atoms with E-state index in [1.54, 1.807) is 6.92 Å². The van der Waals surface area contributed by atoms with Crippen LogP contribution in [0.5, 0.6) is 5.75 Å². The molecule has 0 amide bonds. The van der Waals surface area contributed by atoms with Gasteiger partial charge in [-0.3, -0.25) is 0 Å². The number of furan rings is 1. The molecule has 3 N–H and O–H groups in total. The Bertz CT molecular complexity index is 835. The van der Waals surface area contributed by atoms with Crippen molar-refractivity contribution in [3.05, 3.63) is 51.4 Å². The number of aryl methyl sites for hydroxylation is 1. The molecule has 0 aliphatic heterocycles. The molecule has 5 nitrogen and oxygen atoms in total. The number of fused-ring (bicyclic) bond motifs is 1. The minimum absolute atomic E-state index is 0.00362. The van der Waals surface area contributed by atoms with Crippen molar-refractivity contribution < 1.29 is 23.4 Å². The van der Waals surface area contributed by atoms with E-state index in [4.69, 9.17) is 14.9 Å². The second kappa shape index (κ2) is 7.44. The smallest absolute Gasteiger partial charge is 0.339 e. The number of rotatable bonds is 6. The van der Waals surface area contributed by atoms with Crippen LogP contribution in [0.2, 0.25) is 0 Å². The van der Waals surface area contributed by atoms with Crippen molar-refractivity contribution >= 4 is 28.7 Å². The molecular weight excluding hydrogens is 333 g/mol. The van der Waals surface area contributed by atoms with Crippen molar-refractivity contribution in [3.63, 3.8) is 0 Å². The Morgan fingerprint density at radius 1 is 1.50 bits per heavy atom. The van der Waals surface area contributed by atoms with E-state index in [0.717, 1.165) is 11.0 Å². The molecule has 1 aromatic heterocycles. The van der Waals surface area contributed by atoms with E-state index in [1.165, 1.54) is 24.8 Å². The summed E-state index contributed by atoms with van der Waals surface area (Å²) in [6, 6.07) is 2.47. The molecule has 0 atom stereocenters. The molecule has 0 fully saturated rings. The SMILES string of the molecule is C/C=C\S/C(COc1cc2c(C(=O)O)c(C)oc2cc1F)=C(/C)N. The molecule has 2 rings (SSSR count). The zero-order valence-electron chi connectivity index (χ0n) is 13.6. The first kappa shape index (κ1) is 17.9. The highest BCUT2D eigenvalue weighted by Gasteiger charge is 2.20. The van der Waals surface area contributed by atoms with Gasteiger partial charge >= 0.3 is 5.97 Å². The first-order chi connectivity index (χ1) is 11.3. The van der Waals surface area contributed by atoms with Crippen LogP contribution in [0.15, 0.2) is 38.6 Å². The summed E-state index contributed by atoms with van der Waals surface area (Å²) in [7, 11) is 0. The molecular formula is C17H18FNO4S. The molecule has 0 aliphatic carbocycles. The number of ether oxygens (including phenoxy) is 1. The third kappa shape index (κ3) is 3.73. The predicted octanol–water partition coefficient (Wildman–Crippen LogP) is 4.41. The van der Waals surface area contributed by atoms with Gasteiger partial charge in [-0.05, 0) is 32.2 Å². The average Bonchev–Trinajstić information content (AvgIpc) is 2.81. The minimum atomic E-state index is -1.13. The van der Waals surface area contributed by atoms with Crippen molar-refractivity contribution in [2.24, 2.45) is 5.73 Å². The summed E-state index contributed by atoms with van der Waals surface area (Å²) in [6.45, 7) is 5.21. The lowest BCUT2D eigenvalue weighted by atomic mass is 10.1. The third-order valence-electron chi connectivity index (χ3n) is 3.28. The van der Waals surface area contributed by atoms with E-state index < -0.39 is 11.8 Å². The van der Waals surface area contributed by atoms with E-state index >= 15 is 0 Å². The van der Waals surface area contributed by atoms with Crippen LogP contribution in [0, 0.1) is 12.7 Å². The summed E-state index contributed by atoms with van der Waals surface area (Å²) in [5.41, 5.74) is 6.54. The summed E-state index contributed by atoms with van der Waals surface area (Å²) >= 11 is 1.38. The summed E-state index contributed by atoms with van der Waals surface area (Å²) in [5, 5.41) is 11.4. The van der Waals surface area contributed by atoms with Crippen LogP contribution in [0.4, 0.5) is 4.39 Å². The van der Waals surface area contributed by atoms with E-state index in [1.807, 2.05) is 18.4 Å². The Morgan fingerprint density at radius 2 is 2.21 bits per heavy atom. The lowest BCUT2D eigenvalue weighted by molar-refractivity contribution is 0.0697. The highest BCUT2D eigenvalue weighted by molar-refractivity contribution is 8.05. The summed E-state index contributed by atoms with van der Waals surface area (Å²) < 4.78 is 25.0. The lowest BCUT2D eigenvalue weighted by Gasteiger charge is -2.10. The van der Waals surface area contributed by atoms with E-state index in [0.29, 0.717) is 11.1 Å². The molecule has 1 heterocycles. The van der Waals surface area contributed by atoms with Crippen LogP contribution in [0.1, 0.15) is 30.0 Å². The van der Waals surface area contributed by atoms with Gasteiger partial charge < -0.3 is 20.0 Å². The van der Waals surface area contributed by atoms with E-state index in [-0.39, 0.29) is 29.3 Å². The molecule has 0 unspecified atom stereocenters. The summed E-state index contributed by atoms with van der Waals surface area (Å²) in [6.07, 6.45) is 1.85. The van der Waals surface area contributed by atoms with Gasteiger partial charge in [0, 0.05) is 22.1 Å². The van der Waals surface area contributed by atoms with E-state index in [9.17, 15) is 14.3 Å². The monoisotopic (exact) mass is 351 g/mol. The van der Waals surface area contributed by atoms with Gasteiger partial charge in [-0.25, -0.2) is 9.18 Å². The molecule has 0 saturated heterocycles. The number of allylic oxidation sites excluding steroid dienone is 2. The van der Waals surface area contributed by atoms with Gasteiger partial charge in [0.2, 0.25) is 0 Å². The number of aromatic carboxylic acids is 1. The van der Waals surface area contributed by atoms with Gasteiger partial charge in [0.05, 0.1) is 0 Å². The molecule has 24 heavy (non-hydrogen) atoms. The van der Waals surface area contributed by atoms with Gasteiger partial charge in [0.25, 0.3) is 0 Å². The van der Waals surface area contributed by atoms with Crippen LogP contribution >= 0.6 is 11.8 Å². The largest absolute Gasteiger partial charge is 0.485 e. The van der Waals surface area contributed by atoms with Crippen LogP contribution in [-0.4, -0.2) is 17.7 Å². The fourth-order valence-corrected chi connectivity index (χ4v) is 2.74. The zero-order chi connectivity index (χ0) is 17.9. The predicted molar refractivity (Wildman–Crippen MR) is 92.7 cm³/mol. The Kier molecular flexibility index (Phi) is 5.56. The highest BCUT2D eigenvalue weighted by atomic mass is 32.2. The Balaban J connectivity index is 2.35. The van der Waals surface area contributed by atoms with Crippen molar-refractivity contribution in [2.45, 2.75) is 20.8 Å². The number of halogens is 1. The highest BCUT2D eigenvalue weighted by Crippen LogP contribution is 2.32. The average molecular weight is 351 g/mol.